The number of aryl methyl sites for hydroxylation is 1. The van der Waals surface area contributed by atoms with Crippen LogP contribution < -0.4 is 9.61 Å². The molecule has 9 nitrogen and oxygen atoms in total. The van der Waals surface area contributed by atoms with Gasteiger partial charge >= 0.3 is 10.1 Å². The zero-order valence-electron chi connectivity index (χ0n) is 18.4. The van der Waals surface area contributed by atoms with Crippen molar-refractivity contribution < 1.29 is 22.3 Å². The second-order valence-corrected chi connectivity index (χ2v) is 9.10. The predicted molar refractivity (Wildman–Crippen MR) is 131 cm³/mol. The number of hydrazone groups is 1. The maximum Gasteiger partial charge on any atom is 0.339 e. The lowest BCUT2D eigenvalue weighted by atomic mass is 10.0. The Morgan fingerprint density at radius 3 is 2.49 bits per heavy atom. The Hall–Kier alpha value is -4.57. The number of hydrogen-bond donors (Lipinski definition) is 1. The third kappa shape index (κ3) is 5.33. The van der Waals surface area contributed by atoms with Gasteiger partial charge in [0.15, 0.2) is 5.75 Å². The molecule has 0 unspecified atom stereocenters. The Balaban J connectivity index is 1.66. The maximum atomic E-state index is 12.9. The van der Waals surface area contributed by atoms with Gasteiger partial charge in [-0.05, 0) is 42.0 Å². The lowest BCUT2D eigenvalue weighted by Gasteiger charge is -2.12. The minimum absolute atomic E-state index is 0.00174. The summed E-state index contributed by atoms with van der Waals surface area (Å²) in [6.07, 6.45) is 1.28. The fourth-order valence-corrected chi connectivity index (χ4v) is 4.28. The van der Waals surface area contributed by atoms with Crippen LogP contribution in [-0.4, -0.2) is 25.5 Å². The average molecular weight is 490 g/mol. The van der Waals surface area contributed by atoms with Gasteiger partial charge in [-0.15, -0.1) is 0 Å². The second-order valence-electron chi connectivity index (χ2n) is 7.56. The highest BCUT2D eigenvalue weighted by Gasteiger charge is 2.19. The first-order valence-corrected chi connectivity index (χ1v) is 11.8. The Morgan fingerprint density at radius 1 is 1.00 bits per heavy atom. The van der Waals surface area contributed by atoms with Gasteiger partial charge in [0.05, 0.1) is 11.1 Å². The lowest BCUT2D eigenvalue weighted by molar-refractivity contribution is -0.384. The van der Waals surface area contributed by atoms with E-state index in [1.165, 1.54) is 42.6 Å². The highest BCUT2D eigenvalue weighted by Crippen LogP contribution is 2.29. The van der Waals surface area contributed by atoms with E-state index in [0.29, 0.717) is 10.9 Å². The summed E-state index contributed by atoms with van der Waals surface area (Å²) in [5.41, 5.74) is 3.37. The molecule has 10 heteroatoms. The molecule has 0 fully saturated rings. The fraction of sp³-hybridized carbons (Fsp3) is 0.0400. The first-order valence-electron chi connectivity index (χ1n) is 10.4. The van der Waals surface area contributed by atoms with Crippen molar-refractivity contribution in [1.82, 2.24) is 5.43 Å². The summed E-state index contributed by atoms with van der Waals surface area (Å²) in [4.78, 5) is 22.8. The van der Waals surface area contributed by atoms with Crippen LogP contribution in [0.3, 0.4) is 0 Å². The molecular formula is C25H19N3O6S. The molecule has 0 aromatic heterocycles. The van der Waals surface area contributed by atoms with Gasteiger partial charge in [0.2, 0.25) is 0 Å². The monoisotopic (exact) mass is 489 g/mol. The highest BCUT2D eigenvalue weighted by atomic mass is 32.2. The van der Waals surface area contributed by atoms with Crippen molar-refractivity contribution in [3.05, 3.63) is 112 Å². The van der Waals surface area contributed by atoms with Crippen LogP contribution in [0.4, 0.5) is 5.69 Å². The number of amides is 1. The Kier molecular flexibility index (Phi) is 6.56. The quantitative estimate of drug-likeness (QED) is 0.175. The van der Waals surface area contributed by atoms with Crippen LogP contribution in [0.1, 0.15) is 21.5 Å². The smallest absolute Gasteiger partial charge is 0.339 e. The topological polar surface area (TPSA) is 128 Å². The number of nitro benzene ring substituents is 1. The first-order chi connectivity index (χ1) is 16.7. The van der Waals surface area contributed by atoms with E-state index in [-0.39, 0.29) is 21.9 Å². The molecule has 0 spiro atoms. The molecule has 0 atom stereocenters. The van der Waals surface area contributed by atoms with E-state index < -0.39 is 20.9 Å². The van der Waals surface area contributed by atoms with E-state index in [9.17, 15) is 23.3 Å². The van der Waals surface area contributed by atoms with Gasteiger partial charge in [-0.2, -0.15) is 13.5 Å². The molecule has 0 radical (unpaired) electrons. The lowest BCUT2D eigenvalue weighted by Crippen LogP contribution is -2.18. The van der Waals surface area contributed by atoms with Gasteiger partial charge in [0.25, 0.3) is 11.6 Å². The molecular weight excluding hydrogens is 470 g/mol. The number of carbonyl (C=O) groups excluding carboxylic acids is 1. The number of fused-ring (bicyclic) bond motifs is 1. The summed E-state index contributed by atoms with van der Waals surface area (Å²) in [7, 11) is -4.13. The maximum absolute atomic E-state index is 12.9. The van der Waals surface area contributed by atoms with E-state index in [0.717, 1.165) is 17.0 Å². The Bertz CT molecular complexity index is 1560. The van der Waals surface area contributed by atoms with E-state index in [1.54, 1.807) is 30.3 Å². The molecule has 0 bridgehead atoms. The number of nitro groups is 1. The number of nitrogens with zero attached hydrogens (tertiary/aromatic N) is 2. The molecule has 0 aliphatic rings. The number of benzene rings is 4. The standard InChI is InChI=1S/C25H19N3O6S/c1-17-9-12-21(13-10-17)35(32,33)34-24-14-11-18-5-2-3-8-22(18)23(24)16-26-27-25(29)19-6-4-7-20(15-19)28(30)31/h2-16H,1H3,(H,27,29)/b26-16-. The van der Waals surface area contributed by atoms with Crippen molar-refractivity contribution in [2.75, 3.05) is 0 Å². The van der Waals surface area contributed by atoms with Crippen molar-refractivity contribution in [2.24, 2.45) is 5.10 Å². The van der Waals surface area contributed by atoms with E-state index in [1.807, 2.05) is 19.1 Å². The van der Waals surface area contributed by atoms with E-state index in [2.05, 4.69) is 10.5 Å². The third-order valence-electron chi connectivity index (χ3n) is 5.12. The molecule has 0 aliphatic carbocycles. The van der Waals surface area contributed by atoms with Gasteiger partial charge in [-0.3, -0.25) is 14.9 Å². The van der Waals surface area contributed by atoms with Crippen LogP contribution in [0.25, 0.3) is 10.8 Å². The van der Waals surface area contributed by atoms with Crippen molar-refractivity contribution in [3.8, 4) is 5.75 Å². The van der Waals surface area contributed by atoms with E-state index in [4.69, 9.17) is 4.18 Å². The van der Waals surface area contributed by atoms with Gasteiger partial charge in [0.1, 0.15) is 4.90 Å². The van der Waals surface area contributed by atoms with Crippen molar-refractivity contribution in [1.29, 1.82) is 0 Å². The molecule has 4 aromatic rings. The van der Waals surface area contributed by atoms with Crippen LogP contribution in [-0.2, 0) is 10.1 Å². The minimum atomic E-state index is -4.13. The summed E-state index contributed by atoms with van der Waals surface area (Å²) >= 11 is 0. The van der Waals surface area contributed by atoms with Crippen LogP contribution in [0, 0.1) is 17.0 Å². The summed E-state index contributed by atoms with van der Waals surface area (Å²) in [5, 5.41) is 16.4. The van der Waals surface area contributed by atoms with Crippen LogP contribution in [0.15, 0.2) is 94.9 Å². The molecule has 4 aromatic carbocycles. The van der Waals surface area contributed by atoms with Crippen molar-refractivity contribution >= 4 is 38.7 Å². The molecule has 0 heterocycles. The zero-order valence-corrected chi connectivity index (χ0v) is 19.2. The largest absolute Gasteiger partial charge is 0.378 e. The third-order valence-corrected chi connectivity index (χ3v) is 6.37. The normalized spacial score (nSPS) is 11.5. The molecule has 35 heavy (non-hydrogen) atoms. The van der Waals surface area contributed by atoms with E-state index >= 15 is 0 Å². The molecule has 1 amide bonds. The Morgan fingerprint density at radius 2 is 1.74 bits per heavy atom. The van der Waals surface area contributed by atoms with Crippen molar-refractivity contribution in [3.63, 3.8) is 0 Å². The average Bonchev–Trinajstić information content (AvgIpc) is 2.85. The first kappa shape index (κ1) is 23.6. The van der Waals surface area contributed by atoms with Gasteiger partial charge in [0, 0.05) is 23.3 Å². The molecule has 0 aliphatic heterocycles. The Labute approximate surface area is 200 Å². The second kappa shape index (κ2) is 9.74. The molecule has 0 saturated carbocycles. The van der Waals surface area contributed by atoms with Crippen molar-refractivity contribution in [2.45, 2.75) is 11.8 Å². The number of carbonyl (C=O) groups is 1. The minimum Gasteiger partial charge on any atom is -0.378 e. The van der Waals surface area contributed by atoms with Crippen LogP contribution >= 0.6 is 0 Å². The SMILES string of the molecule is Cc1ccc(S(=O)(=O)Oc2ccc3ccccc3c2/C=N\NC(=O)c2cccc([N+](=O)[O-])c2)cc1. The summed E-state index contributed by atoms with van der Waals surface area (Å²) in [5.74, 6) is -0.641. The molecule has 1 N–H and O–H groups in total. The number of non-ortho nitro benzene ring substituents is 1. The summed E-state index contributed by atoms with van der Waals surface area (Å²) in [6, 6.07) is 21.9. The zero-order chi connectivity index (χ0) is 25.0. The van der Waals surface area contributed by atoms with Gasteiger partial charge < -0.3 is 4.18 Å². The molecule has 0 saturated heterocycles. The summed E-state index contributed by atoms with van der Waals surface area (Å²) in [6.45, 7) is 1.84. The molecule has 176 valence electrons. The van der Waals surface area contributed by atoms with Crippen LogP contribution in [0.5, 0.6) is 5.75 Å². The number of hydrogen-bond acceptors (Lipinski definition) is 7. The number of rotatable bonds is 7. The predicted octanol–water partition coefficient (Wildman–Crippen LogP) is 4.59. The number of nitrogens with one attached hydrogen (secondary N) is 1. The molecule has 4 rings (SSSR count). The summed E-state index contributed by atoms with van der Waals surface area (Å²) < 4.78 is 31.2. The van der Waals surface area contributed by atoms with Gasteiger partial charge in [-0.1, -0.05) is 54.1 Å². The van der Waals surface area contributed by atoms with Crippen LogP contribution in [0.2, 0.25) is 0 Å². The van der Waals surface area contributed by atoms with Gasteiger partial charge in [-0.25, -0.2) is 5.43 Å². The fourth-order valence-electron chi connectivity index (χ4n) is 3.33. The highest BCUT2D eigenvalue weighted by molar-refractivity contribution is 7.87.